The molecule has 2 atom stereocenters. The second-order valence-corrected chi connectivity index (χ2v) is 5.32. The predicted octanol–water partition coefficient (Wildman–Crippen LogP) is 1.88. The van der Waals surface area contributed by atoms with Gasteiger partial charge < -0.3 is 10.2 Å². The van der Waals surface area contributed by atoms with Crippen molar-refractivity contribution in [2.45, 2.75) is 46.6 Å². The monoisotopic (exact) mass is 226 g/mol. The molecule has 1 rings (SSSR count). The van der Waals surface area contributed by atoms with Crippen LogP contribution in [0.15, 0.2) is 0 Å². The van der Waals surface area contributed by atoms with E-state index in [1.165, 1.54) is 12.8 Å². The lowest BCUT2D eigenvalue weighted by Gasteiger charge is -2.34. The summed E-state index contributed by atoms with van der Waals surface area (Å²) in [5, 5.41) is 3.37. The molecule has 1 amide bonds. The SMILES string of the molecule is CCN(CC(C)C)C(=O)C1NCCCC1C. The maximum atomic E-state index is 12.3. The van der Waals surface area contributed by atoms with Crippen molar-refractivity contribution >= 4 is 5.91 Å². The van der Waals surface area contributed by atoms with Gasteiger partial charge in [0.15, 0.2) is 0 Å². The first-order valence-corrected chi connectivity index (χ1v) is 6.58. The number of nitrogens with one attached hydrogen (secondary N) is 1. The van der Waals surface area contributed by atoms with E-state index in [-0.39, 0.29) is 6.04 Å². The van der Waals surface area contributed by atoms with Crippen molar-refractivity contribution in [2.24, 2.45) is 11.8 Å². The molecule has 0 aromatic heterocycles. The van der Waals surface area contributed by atoms with Crippen LogP contribution < -0.4 is 5.32 Å². The average molecular weight is 226 g/mol. The number of hydrogen-bond donors (Lipinski definition) is 1. The summed E-state index contributed by atoms with van der Waals surface area (Å²) in [5.41, 5.74) is 0. The minimum Gasteiger partial charge on any atom is -0.341 e. The minimum absolute atomic E-state index is 0.0486. The lowest BCUT2D eigenvalue weighted by molar-refractivity contribution is -0.135. The van der Waals surface area contributed by atoms with Crippen molar-refractivity contribution in [1.29, 1.82) is 0 Å². The molecular formula is C13H26N2O. The molecule has 3 heteroatoms. The van der Waals surface area contributed by atoms with Gasteiger partial charge in [0.1, 0.15) is 0 Å². The number of carbonyl (C=O) groups excluding carboxylic acids is 1. The van der Waals surface area contributed by atoms with Crippen LogP contribution in [0.5, 0.6) is 0 Å². The van der Waals surface area contributed by atoms with Gasteiger partial charge in [0.25, 0.3) is 0 Å². The number of hydrogen-bond acceptors (Lipinski definition) is 2. The van der Waals surface area contributed by atoms with Gasteiger partial charge in [-0.05, 0) is 38.1 Å². The van der Waals surface area contributed by atoms with Crippen LogP contribution in [-0.2, 0) is 4.79 Å². The van der Waals surface area contributed by atoms with Crippen LogP contribution in [0.25, 0.3) is 0 Å². The number of carbonyl (C=O) groups is 1. The van der Waals surface area contributed by atoms with Crippen molar-refractivity contribution in [1.82, 2.24) is 10.2 Å². The van der Waals surface area contributed by atoms with Crippen LogP contribution in [0.2, 0.25) is 0 Å². The van der Waals surface area contributed by atoms with Gasteiger partial charge in [-0.1, -0.05) is 20.8 Å². The first-order valence-electron chi connectivity index (χ1n) is 6.58. The molecule has 2 unspecified atom stereocenters. The smallest absolute Gasteiger partial charge is 0.239 e. The highest BCUT2D eigenvalue weighted by molar-refractivity contribution is 5.82. The van der Waals surface area contributed by atoms with Gasteiger partial charge in [-0.3, -0.25) is 4.79 Å². The number of likely N-dealkylation sites (N-methyl/N-ethyl adjacent to an activating group) is 1. The van der Waals surface area contributed by atoms with E-state index in [0.717, 1.165) is 19.6 Å². The molecule has 0 aliphatic carbocycles. The van der Waals surface area contributed by atoms with Crippen molar-refractivity contribution in [2.75, 3.05) is 19.6 Å². The fourth-order valence-corrected chi connectivity index (χ4v) is 2.39. The Kier molecular flexibility index (Phi) is 5.26. The second kappa shape index (κ2) is 6.24. The van der Waals surface area contributed by atoms with Gasteiger partial charge in [-0.15, -0.1) is 0 Å². The Labute approximate surface area is 99.6 Å². The van der Waals surface area contributed by atoms with Gasteiger partial charge in [-0.25, -0.2) is 0 Å². The van der Waals surface area contributed by atoms with Gasteiger partial charge in [0.05, 0.1) is 6.04 Å². The molecule has 3 nitrogen and oxygen atoms in total. The van der Waals surface area contributed by atoms with Crippen LogP contribution in [0, 0.1) is 11.8 Å². The van der Waals surface area contributed by atoms with Crippen molar-refractivity contribution in [3.63, 3.8) is 0 Å². The summed E-state index contributed by atoms with van der Waals surface area (Å²) in [6.07, 6.45) is 2.36. The fourth-order valence-electron chi connectivity index (χ4n) is 2.39. The highest BCUT2D eigenvalue weighted by atomic mass is 16.2. The molecule has 1 aliphatic rings. The fraction of sp³-hybridized carbons (Fsp3) is 0.923. The first-order chi connectivity index (χ1) is 7.56. The Morgan fingerprint density at radius 3 is 2.69 bits per heavy atom. The number of nitrogens with zero attached hydrogens (tertiary/aromatic N) is 1. The normalized spacial score (nSPS) is 25.8. The Bertz CT molecular complexity index is 228. The zero-order chi connectivity index (χ0) is 12.1. The summed E-state index contributed by atoms with van der Waals surface area (Å²) in [7, 11) is 0. The van der Waals surface area contributed by atoms with E-state index in [1.807, 2.05) is 4.90 Å². The van der Waals surface area contributed by atoms with Crippen molar-refractivity contribution < 1.29 is 4.79 Å². The Balaban J connectivity index is 2.58. The number of rotatable bonds is 4. The first kappa shape index (κ1) is 13.5. The highest BCUT2D eigenvalue weighted by Gasteiger charge is 2.30. The molecule has 0 spiro atoms. The van der Waals surface area contributed by atoms with Gasteiger partial charge in [0, 0.05) is 13.1 Å². The molecule has 1 saturated heterocycles. The van der Waals surface area contributed by atoms with Gasteiger partial charge in [0.2, 0.25) is 5.91 Å². The molecular weight excluding hydrogens is 200 g/mol. The molecule has 1 fully saturated rings. The van der Waals surface area contributed by atoms with Gasteiger partial charge in [-0.2, -0.15) is 0 Å². The van der Waals surface area contributed by atoms with Crippen LogP contribution >= 0.6 is 0 Å². The molecule has 0 saturated carbocycles. The summed E-state index contributed by atoms with van der Waals surface area (Å²) in [6, 6.07) is 0.0486. The average Bonchev–Trinajstić information content (AvgIpc) is 2.25. The van der Waals surface area contributed by atoms with Crippen molar-refractivity contribution in [3.05, 3.63) is 0 Å². The third-order valence-corrected chi connectivity index (χ3v) is 3.31. The van der Waals surface area contributed by atoms with Gasteiger partial charge >= 0.3 is 0 Å². The van der Waals surface area contributed by atoms with E-state index in [0.29, 0.717) is 17.7 Å². The standard InChI is InChI=1S/C13H26N2O/c1-5-15(9-10(2)3)13(16)12-11(4)7-6-8-14-12/h10-12,14H,5-9H2,1-4H3. The van der Waals surface area contributed by atoms with E-state index in [1.54, 1.807) is 0 Å². The topological polar surface area (TPSA) is 32.3 Å². The third-order valence-electron chi connectivity index (χ3n) is 3.31. The maximum absolute atomic E-state index is 12.3. The third kappa shape index (κ3) is 3.48. The Morgan fingerprint density at radius 1 is 1.50 bits per heavy atom. The molecule has 0 bridgehead atoms. The molecule has 94 valence electrons. The van der Waals surface area contributed by atoms with Crippen LogP contribution in [-0.4, -0.2) is 36.5 Å². The molecule has 0 aromatic rings. The lowest BCUT2D eigenvalue weighted by Crippen LogP contribution is -2.52. The van der Waals surface area contributed by atoms with E-state index in [9.17, 15) is 4.79 Å². The molecule has 1 N–H and O–H groups in total. The van der Waals surface area contributed by atoms with E-state index < -0.39 is 0 Å². The largest absolute Gasteiger partial charge is 0.341 e. The molecule has 1 heterocycles. The van der Waals surface area contributed by atoms with E-state index in [4.69, 9.17) is 0 Å². The summed E-state index contributed by atoms with van der Waals surface area (Å²) >= 11 is 0. The summed E-state index contributed by atoms with van der Waals surface area (Å²) in [6.45, 7) is 11.2. The lowest BCUT2D eigenvalue weighted by atomic mass is 9.91. The quantitative estimate of drug-likeness (QED) is 0.794. The maximum Gasteiger partial charge on any atom is 0.239 e. The predicted molar refractivity (Wildman–Crippen MR) is 67.3 cm³/mol. The second-order valence-electron chi connectivity index (χ2n) is 5.32. The molecule has 0 aromatic carbocycles. The van der Waals surface area contributed by atoms with Crippen LogP contribution in [0.3, 0.4) is 0 Å². The van der Waals surface area contributed by atoms with Crippen LogP contribution in [0.1, 0.15) is 40.5 Å². The Morgan fingerprint density at radius 2 is 2.19 bits per heavy atom. The summed E-state index contributed by atoms with van der Waals surface area (Å²) in [4.78, 5) is 14.3. The summed E-state index contributed by atoms with van der Waals surface area (Å²) in [5.74, 6) is 1.31. The minimum atomic E-state index is 0.0486. The zero-order valence-electron chi connectivity index (χ0n) is 11.1. The molecule has 0 radical (unpaired) electrons. The Hall–Kier alpha value is -0.570. The number of amides is 1. The van der Waals surface area contributed by atoms with Crippen LogP contribution in [0.4, 0.5) is 0 Å². The zero-order valence-corrected chi connectivity index (χ0v) is 11.1. The van der Waals surface area contributed by atoms with Crippen molar-refractivity contribution in [3.8, 4) is 0 Å². The molecule has 16 heavy (non-hydrogen) atoms. The van der Waals surface area contributed by atoms with E-state index >= 15 is 0 Å². The number of piperidine rings is 1. The van der Waals surface area contributed by atoms with E-state index in [2.05, 4.69) is 33.0 Å². The molecule has 1 aliphatic heterocycles. The highest BCUT2D eigenvalue weighted by Crippen LogP contribution is 2.17. The summed E-state index contributed by atoms with van der Waals surface area (Å²) < 4.78 is 0.